The van der Waals surface area contributed by atoms with E-state index in [4.69, 9.17) is 11.6 Å². The highest BCUT2D eigenvalue weighted by Crippen LogP contribution is 2.27. The maximum absolute atomic E-state index is 6.14. The Kier molecular flexibility index (Phi) is 5.38. The maximum atomic E-state index is 6.14. The Morgan fingerprint density at radius 3 is 2.70 bits per heavy atom. The van der Waals surface area contributed by atoms with Gasteiger partial charge in [-0.05, 0) is 42.0 Å². The van der Waals surface area contributed by atoms with Crippen molar-refractivity contribution in [2.24, 2.45) is 5.41 Å². The molecule has 2 nitrogen and oxygen atoms in total. The summed E-state index contributed by atoms with van der Waals surface area (Å²) in [6, 6.07) is 10.5. The third-order valence-corrected chi connectivity index (χ3v) is 4.85. The van der Waals surface area contributed by atoms with Crippen LogP contribution < -0.4 is 5.32 Å². The zero-order valence-corrected chi connectivity index (χ0v) is 13.1. The first-order valence-corrected chi connectivity index (χ1v) is 7.87. The lowest BCUT2D eigenvalue weighted by Gasteiger charge is -2.29. The number of nitrogens with zero attached hydrogens (tertiary/aromatic N) is 1. The highest BCUT2D eigenvalue weighted by Gasteiger charge is 2.24. The standard InChI is InChI=1S/C17H23ClN2/c1-3-17(4-2,12-18)13-19-11-14-7-8-16-15(10-14)6-5-9-20-16/h5-10,19H,3-4,11-13H2,1-2H3. The molecule has 1 aromatic heterocycles. The first-order valence-electron chi connectivity index (χ1n) is 7.33. The number of hydrogen-bond donors (Lipinski definition) is 1. The first kappa shape index (κ1) is 15.3. The summed E-state index contributed by atoms with van der Waals surface area (Å²) in [5, 5.41) is 4.75. The molecule has 20 heavy (non-hydrogen) atoms. The number of rotatable bonds is 7. The van der Waals surface area contributed by atoms with Crippen LogP contribution in [0.3, 0.4) is 0 Å². The van der Waals surface area contributed by atoms with Crippen molar-refractivity contribution in [3.63, 3.8) is 0 Å². The van der Waals surface area contributed by atoms with Crippen LogP contribution in [0.1, 0.15) is 32.3 Å². The molecule has 0 amide bonds. The Morgan fingerprint density at radius 1 is 1.20 bits per heavy atom. The van der Waals surface area contributed by atoms with Crippen LogP contribution in [-0.2, 0) is 6.54 Å². The minimum Gasteiger partial charge on any atom is -0.312 e. The van der Waals surface area contributed by atoms with Gasteiger partial charge in [-0.25, -0.2) is 0 Å². The molecule has 1 heterocycles. The van der Waals surface area contributed by atoms with E-state index in [1.54, 1.807) is 0 Å². The van der Waals surface area contributed by atoms with Crippen molar-refractivity contribution in [1.29, 1.82) is 0 Å². The van der Waals surface area contributed by atoms with Crippen LogP contribution in [0.2, 0.25) is 0 Å². The molecule has 2 rings (SSSR count). The second kappa shape index (κ2) is 7.05. The van der Waals surface area contributed by atoms with E-state index in [1.807, 2.05) is 12.3 Å². The van der Waals surface area contributed by atoms with Gasteiger partial charge in [0.25, 0.3) is 0 Å². The predicted molar refractivity (Wildman–Crippen MR) is 87.2 cm³/mol. The van der Waals surface area contributed by atoms with Crippen LogP contribution in [-0.4, -0.2) is 17.4 Å². The van der Waals surface area contributed by atoms with Crippen LogP contribution in [0.25, 0.3) is 10.9 Å². The summed E-state index contributed by atoms with van der Waals surface area (Å²) < 4.78 is 0. The van der Waals surface area contributed by atoms with Gasteiger partial charge in [0.2, 0.25) is 0 Å². The Bertz CT molecular complexity index is 541. The molecule has 0 bridgehead atoms. The Labute approximate surface area is 126 Å². The lowest BCUT2D eigenvalue weighted by molar-refractivity contribution is 0.286. The van der Waals surface area contributed by atoms with Crippen molar-refractivity contribution >= 4 is 22.5 Å². The number of halogens is 1. The van der Waals surface area contributed by atoms with E-state index >= 15 is 0 Å². The fourth-order valence-corrected chi connectivity index (χ4v) is 2.92. The minimum atomic E-state index is 0.222. The van der Waals surface area contributed by atoms with Crippen molar-refractivity contribution in [2.45, 2.75) is 33.2 Å². The fraction of sp³-hybridized carbons (Fsp3) is 0.471. The average Bonchev–Trinajstić information content (AvgIpc) is 2.52. The van der Waals surface area contributed by atoms with Gasteiger partial charge in [-0.2, -0.15) is 0 Å². The van der Waals surface area contributed by atoms with Crippen LogP contribution in [0.15, 0.2) is 36.5 Å². The Hall–Kier alpha value is -1.12. The minimum absolute atomic E-state index is 0.222. The normalized spacial score (nSPS) is 11.9. The van der Waals surface area contributed by atoms with E-state index in [0.717, 1.165) is 31.4 Å². The maximum Gasteiger partial charge on any atom is 0.0702 e. The molecular weight excluding hydrogens is 268 g/mol. The van der Waals surface area contributed by atoms with Gasteiger partial charge in [0.1, 0.15) is 0 Å². The molecule has 0 saturated carbocycles. The third kappa shape index (κ3) is 3.50. The molecule has 1 aromatic carbocycles. The Balaban J connectivity index is 1.99. The lowest BCUT2D eigenvalue weighted by Crippen LogP contribution is -2.34. The van der Waals surface area contributed by atoms with Gasteiger partial charge in [-0.15, -0.1) is 11.6 Å². The number of benzene rings is 1. The summed E-state index contributed by atoms with van der Waals surface area (Å²) in [4.78, 5) is 4.34. The second-order valence-electron chi connectivity index (χ2n) is 5.47. The fourth-order valence-electron chi connectivity index (χ4n) is 2.44. The highest BCUT2D eigenvalue weighted by atomic mass is 35.5. The van der Waals surface area contributed by atoms with E-state index in [9.17, 15) is 0 Å². The zero-order valence-electron chi connectivity index (χ0n) is 12.3. The smallest absolute Gasteiger partial charge is 0.0702 e. The van der Waals surface area contributed by atoms with E-state index in [-0.39, 0.29) is 5.41 Å². The summed E-state index contributed by atoms with van der Waals surface area (Å²) >= 11 is 6.14. The van der Waals surface area contributed by atoms with Crippen LogP contribution in [0.4, 0.5) is 0 Å². The van der Waals surface area contributed by atoms with Gasteiger partial charge in [-0.1, -0.05) is 26.0 Å². The number of aromatic nitrogens is 1. The first-order chi connectivity index (χ1) is 9.73. The van der Waals surface area contributed by atoms with E-state index in [1.165, 1.54) is 10.9 Å². The lowest BCUT2D eigenvalue weighted by atomic mass is 9.84. The van der Waals surface area contributed by atoms with Gasteiger partial charge in [-0.3, -0.25) is 4.98 Å². The number of nitrogens with one attached hydrogen (secondary N) is 1. The number of alkyl halides is 1. The third-order valence-electron chi connectivity index (χ3n) is 4.28. The van der Waals surface area contributed by atoms with Crippen molar-refractivity contribution in [3.8, 4) is 0 Å². The van der Waals surface area contributed by atoms with Crippen molar-refractivity contribution in [3.05, 3.63) is 42.1 Å². The molecule has 0 aliphatic carbocycles. The molecule has 0 atom stereocenters. The van der Waals surface area contributed by atoms with Crippen LogP contribution >= 0.6 is 11.6 Å². The number of pyridine rings is 1. The van der Waals surface area contributed by atoms with Crippen LogP contribution in [0.5, 0.6) is 0 Å². The summed E-state index contributed by atoms with van der Waals surface area (Å²) in [6.07, 6.45) is 4.06. The van der Waals surface area contributed by atoms with E-state index in [2.05, 4.69) is 48.4 Å². The topological polar surface area (TPSA) is 24.9 Å². The molecule has 1 N–H and O–H groups in total. The number of fused-ring (bicyclic) bond motifs is 1. The molecular formula is C17H23ClN2. The SMILES string of the molecule is CCC(CC)(CCl)CNCc1ccc2ncccc2c1. The average molecular weight is 291 g/mol. The number of hydrogen-bond acceptors (Lipinski definition) is 2. The molecule has 0 aliphatic heterocycles. The zero-order chi connectivity index (χ0) is 14.4. The molecule has 0 saturated heterocycles. The summed E-state index contributed by atoms with van der Waals surface area (Å²) in [5.74, 6) is 0.717. The van der Waals surface area contributed by atoms with Gasteiger partial charge < -0.3 is 5.32 Å². The summed E-state index contributed by atoms with van der Waals surface area (Å²) in [5.41, 5.74) is 2.56. The monoisotopic (exact) mass is 290 g/mol. The molecule has 2 aromatic rings. The highest BCUT2D eigenvalue weighted by molar-refractivity contribution is 6.18. The van der Waals surface area contributed by atoms with Crippen molar-refractivity contribution in [2.75, 3.05) is 12.4 Å². The molecule has 0 aliphatic rings. The molecule has 0 radical (unpaired) electrons. The largest absolute Gasteiger partial charge is 0.312 e. The van der Waals surface area contributed by atoms with Crippen molar-refractivity contribution < 1.29 is 0 Å². The Morgan fingerprint density at radius 2 is 2.00 bits per heavy atom. The summed E-state index contributed by atoms with van der Waals surface area (Å²) in [6.45, 7) is 6.28. The quantitative estimate of drug-likeness (QED) is 0.766. The molecule has 108 valence electrons. The van der Waals surface area contributed by atoms with Gasteiger partial charge in [0, 0.05) is 30.6 Å². The predicted octanol–water partition coefficient (Wildman–Crippen LogP) is 4.37. The molecule has 0 spiro atoms. The van der Waals surface area contributed by atoms with Gasteiger partial charge >= 0.3 is 0 Å². The van der Waals surface area contributed by atoms with Crippen molar-refractivity contribution in [1.82, 2.24) is 10.3 Å². The second-order valence-corrected chi connectivity index (χ2v) is 5.74. The molecule has 0 fully saturated rings. The molecule has 0 unspecified atom stereocenters. The van der Waals surface area contributed by atoms with E-state index in [0.29, 0.717) is 5.88 Å². The molecule has 3 heteroatoms. The van der Waals surface area contributed by atoms with Gasteiger partial charge in [0.15, 0.2) is 0 Å². The van der Waals surface area contributed by atoms with Gasteiger partial charge in [0.05, 0.1) is 5.52 Å². The van der Waals surface area contributed by atoms with Crippen LogP contribution in [0, 0.1) is 5.41 Å². The summed E-state index contributed by atoms with van der Waals surface area (Å²) in [7, 11) is 0. The van der Waals surface area contributed by atoms with E-state index < -0.39 is 0 Å².